The van der Waals surface area contributed by atoms with Crippen molar-refractivity contribution in [2.24, 2.45) is 0 Å². The lowest BCUT2D eigenvalue weighted by atomic mass is 10.1. The van der Waals surface area contributed by atoms with E-state index < -0.39 is 49.2 Å². The average molecular weight is 354 g/mol. The number of carbonyl (C=O) groups is 3. The molecule has 1 saturated heterocycles. The summed E-state index contributed by atoms with van der Waals surface area (Å²) in [6, 6.07) is 6.66. The molecule has 8 heteroatoms. The van der Waals surface area contributed by atoms with E-state index in [4.69, 9.17) is 18.9 Å². The maximum atomic E-state index is 14.4. The summed E-state index contributed by atoms with van der Waals surface area (Å²) in [4.78, 5) is 34.1. The fraction of sp³-hybridized carbons (Fsp3) is 0.471. The van der Waals surface area contributed by atoms with E-state index in [2.05, 4.69) is 0 Å². The van der Waals surface area contributed by atoms with E-state index in [1.54, 1.807) is 24.3 Å². The van der Waals surface area contributed by atoms with Gasteiger partial charge in [-0.2, -0.15) is 0 Å². The number of hydrogen-bond donors (Lipinski definition) is 0. The van der Waals surface area contributed by atoms with Crippen molar-refractivity contribution in [3.63, 3.8) is 0 Å². The molecule has 0 N–H and O–H groups in total. The smallest absolute Gasteiger partial charge is 0.338 e. The zero-order chi connectivity index (χ0) is 18.6. The summed E-state index contributed by atoms with van der Waals surface area (Å²) in [6.07, 6.45) is -5.83. The largest absolute Gasteiger partial charge is 0.459 e. The number of esters is 3. The van der Waals surface area contributed by atoms with Gasteiger partial charge in [-0.3, -0.25) is 9.59 Å². The third kappa shape index (κ3) is 4.99. The third-order valence-electron chi connectivity index (χ3n) is 3.50. The molecule has 0 radical (unpaired) electrons. The lowest BCUT2D eigenvalue weighted by Crippen LogP contribution is -2.36. The summed E-state index contributed by atoms with van der Waals surface area (Å²) >= 11 is 0. The lowest BCUT2D eigenvalue weighted by molar-refractivity contribution is -0.195. The maximum absolute atomic E-state index is 14.4. The molecule has 0 amide bonds. The van der Waals surface area contributed by atoms with Crippen LogP contribution in [0, 0.1) is 6.92 Å². The Labute approximate surface area is 144 Å². The van der Waals surface area contributed by atoms with Crippen LogP contribution in [-0.2, 0) is 28.5 Å². The van der Waals surface area contributed by atoms with Gasteiger partial charge >= 0.3 is 17.9 Å². The van der Waals surface area contributed by atoms with E-state index in [1.807, 2.05) is 6.92 Å². The monoisotopic (exact) mass is 354 g/mol. The molecule has 1 aliphatic rings. The van der Waals surface area contributed by atoms with Crippen LogP contribution in [0.5, 0.6) is 0 Å². The van der Waals surface area contributed by atoms with Crippen molar-refractivity contribution in [1.82, 2.24) is 0 Å². The molecule has 0 saturated carbocycles. The standard InChI is InChI=1S/C17H19FO7/c1-9-4-6-12(7-5-9)16(21)22-8-13-14(18)15(23-10(2)19)17(25-13)24-11(3)20/h4-7,13-15,17H,8H2,1-3H3/t13-,14-,15-,17-/m1/s1. The van der Waals surface area contributed by atoms with E-state index in [0.717, 1.165) is 19.4 Å². The maximum Gasteiger partial charge on any atom is 0.338 e. The highest BCUT2D eigenvalue weighted by Crippen LogP contribution is 2.28. The Hall–Kier alpha value is -2.48. The predicted molar refractivity (Wildman–Crippen MR) is 82.3 cm³/mol. The molecule has 1 aliphatic heterocycles. The van der Waals surface area contributed by atoms with Gasteiger partial charge in [0.1, 0.15) is 12.7 Å². The Morgan fingerprint density at radius 1 is 1.08 bits per heavy atom. The molecule has 2 rings (SSSR count). The minimum absolute atomic E-state index is 0.312. The minimum atomic E-state index is -1.81. The summed E-state index contributed by atoms with van der Waals surface area (Å²) < 4.78 is 34.3. The van der Waals surface area contributed by atoms with Gasteiger partial charge in [0.2, 0.25) is 6.29 Å². The van der Waals surface area contributed by atoms with Crippen LogP contribution in [0.3, 0.4) is 0 Å². The van der Waals surface area contributed by atoms with Crippen LogP contribution in [0.2, 0.25) is 0 Å². The molecule has 1 aromatic carbocycles. The van der Waals surface area contributed by atoms with Crippen molar-refractivity contribution in [2.75, 3.05) is 6.61 Å². The molecular formula is C17H19FO7. The highest BCUT2D eigenvalue weighted by Gasteiger charge is 2.49. The molecule has 1 aromatic rings. The number of ether oxygens (including phenoxy) is 4. The van der Waals surface area contributed by atoms with Gasteiger partial charge in [-0.15, -0.1) is 0 Å². The summed E-state index contributed by atoms with van der Waals surface area (Å²) in [7, 11) is 0. The summed E-state index contributed by atoms with van der Waals surface area (Å²) in [5.41, 5.74) is 1.29. The first kappa shape index (κ1) is 18.9. The fourth-order valence-electron chi connectivity index (χ4n) is 2.32. The SMILES string of the molecule is CC(=O)O[C@@H]1O[C@H](COC(=O)c2ccc(C)cc2)[C@@H](F)[C@H]1OC(C)=O. The number of alkyl halides is 1. The van der Waals surface area contributed by atoms with Crippen LogP contribution in [0.25, 0.3) is 0 Å². The molecule has 1 heterocycles. The van der Waals surface area contributed by atoms with Gasteiger partial charge < -0.3 is 18.9 Å². The van der Waals surface area contributed by atoms with Crippen LogP contribution < -0.4 is 0 Å². The zero-order valence-corrected chi connectivity index (χ0v) is 14.1. The average Bonchev–Trinajstić information content (AvgIpc) is 2.81. The Balaban J connectivity index is 1.98. The third-order valence-corrected chi connectivity index (χ3v) is 3.50. The van der Waals surface area contributed by atoms with Gasteiger partial charge in [0.15, 0.2) is 12.3 Å². The summed E-state index contributed by atoms with van der Waals surface area (Å²) in [6.45, 7) is 3.68. The lowest BCUT2D eigenvalue weighted by Gasteiger charge is -2.18. The van der Waals surface area contributed by atoms with E-state index in [-0.39, 0.29) is 0 Å². The molecule has 4 atom stereocenters. The van der Waals surface area contributed by atoms with E-state index >= 15 is 0 Å². The molecule has 25 heavy (non-hydrogen) atoms. The predicted octanol–water partition coefficient (Wildman–Crippen LogP) is 1.71. The van der Waals surface area contributed by atoms with Crippen molar-refractivity contribution >= 4 is 17.9 Å². The topological polar surface area (TPSA) is 88.1 Å². The minimum Gasteiger partial charge on any atom is -0.459 e. The molecule has 0 unspecified atom stereocenters. The first-order valence-corrected chi connectivity index (χ1v) is 7.65. The number of benzene rings is 1. The molecule has 0 aromatic heterocycles. The first-order chi connectivity index (χ1) is 11.8. The van der Waals surface area contributed by atoms with Gasteiger partial charge in [-0.25, -0.2) is 9.18 Å². The van der Waals surface area contributed by atoms with Crippen LogP contribution in [-0.4, -0.2) is 49.2 Å². The second kappa shape index (κ2) is 8.06. The molecule has 1 fully saturated rings. The Kier molecular flexibility index (Phi) is 6.08. The van der Waals surface area contributed by atoms with Gasteiger partial charge in [0.05, 0.1) is 5.56 Å². The van der Waals surface area contributed by atoms with E-state index in [1.165, 1.54) is 0 Å². The highest BCUT2D eigenvalue weighted by atomic mass is 19.1. The number of hydrogen-bond acceptors (Lipinski definition) is 7. The number of rotatable bonds is 5. The van der Waals surface area contributed by atoms with Gasteiger partial charge in [0, 0.05) is 13.8 Å². The van der Waals surface area contributed by atoms with E-state index in [9.17, 15) is 18.8 Å². The zero-order valence-electron chi connectivity index (χ0n) is 14.1. The second-order valence-electron chi connectivity index (χ2n) is 5.64. The van der Waals surface area contributed by atoms with Crippen molar-refractivity contribution in [1.29, 1.82) is 0 Å². The Morgan fingerprint density at radius 2 is 1.68 bits per heavy atom. The Morgan fingerprint density at radius 3 is 2.24 bits per heavy atom. The van der Waals surface area contributed by atoms with Gasteiger partial charge in [-0.1, -0.05) is 17.7 Å². The van der Waals surface area contributed by atoms with Crippen molar-refractivity contribution in [3.05, 3.63) is 35.4 Å². The van der Waals surface area contributed by atoms with Crippen LogP contribution >= 0.6 is 0 Å². The quantitative estimate of drug-likeness (QED) is 0.587. The summed E-state index contributed by atoms with van der Waals surface area (Å²) in [5, 5.41) is 0. The molecule has 0 bridgehead atoms. The van der Waals surface area contributed by atoms with Gasteiger partial charge in [0.25, 0.3) is 0 Å². The number of carbonyl (C=O) groups excluding carboxylic acids is 3. The van der Waals surface area contributed by atoms with Crippen LogP contribution in [0.1, 0.15) is 29.8 Å². The molecule has 7 nitrogen and oxygen atoms in total. The number of aryl methyl sites for hydroxylation is 1. The first-order valence-electron chi connectivity index (χ1n) is 7.65. The summed E-state index contributed by atoms with van der Waals surface area (Å²) in [5.74, 6) is -2.10. The van der Waals surface area contributed by atoms with Crippen LogP contribution in [0.4, 0.5) is 4.39 Å². The molecule has 0 spiro atoms. The van der Waals surface area contributed by atoms with Crippen molar-refractivity contribution in [3.8, 4) is 0 Å². The van der Waals surface area contributed by atoms with E-state index in [0.29, 0.717) is 5.56 Å². The molecule has 136 valence electrons. The van der Waals surface area contributed by atoms with Crippen LogP contribution in [0.15, 0.2) is 24.3 Å². The normalized spacial score (nSPS) is 25.3. The second-order valence-corrected chi connectivity index (χ2v) is 5.64. The van der Waals surface area contributed by atoms with Gasteiger partial charge in [-0.05, 0) is 19.1 Å². The van der Waals surface area contributed by atoms with Crippen molar-refractivity contribution < 1.29 is 37.7 Å². The molecular weight excluding hydrogens is 335 g/mol. The number of halogens is 1. The fourth-order valence-corrected chi connectivity index (χ4v) is 2.32. The highest BCUT2D eigenvalue weighted by molar-refractivity contribution is 5.89. The van der Waals surface area contributed by atoms with Crippen molar-refractivity contribution in [2.45, 2.75) is 45.4 Å². The molecule has 0 aliphatic carbocycles. The Bertz CT molecular complexity index is 643.